The molecule has 0 aliphatic carbocycles. The molecule has 1 aromatic carbocycles. The molecule has 5 heteroatoms. The highest BCUT2D eigenvalue weighted by Crippen LogP contribution is 2.23. The van der Waals surface area contributed by atoms with Gasteiger partial charge >= 0.3 is 0 Å². The fraction of sp³-hybridized carbons (Fsp3) is 0.364. The summed E-state index contributed by atoms with van der Waals surface area (Å²) in [6.45, 7) is 1.55. The summed E-state index contributed by atoms with van der Waals surface area (Å²) in [5, 5.41) is 9.53. The molecular weight excluding hydrogens is 230 g/mol. The highest BCUT2D eigenvalue weighted by Gasteiger charge is 2.32. The van der Waals surface area contributed by atoms with Crippen LogP contribution in [0.4, 0.5) is 0 Å². The first-order chi connectivity index (χ1) is 7.04. The molecule has 0 saturated heterocycles. The van der Waals surface area contributed by atoms with E-state index in [1.807, 2.05) is 0 Å². The second-order valence-corrected chi connectivity index (χ2v) is 3.41. The SMILES string of the molecule is CO[C@](N)(c1ccc(C=O)cc1)[C@@H](C)O.Cl. The van der Waals surface area contributed by atoms with E-state index in [1.165, 1.54) is 7.11 Å². The number of aliphatic hydroxyl groups excluding tert-OH is 1. The molecule has 0 spiro atoms. The Bertz CT molecular complexity index is 340. The number of nitrogens with two attached hydrogens (primary N) is 1. The number of methoxy groups -OCH3 is 1. The number of carbonyl (C=O) groups is 1. The summed E-state index contributed by atoms with van der Waals surface area (Å²) in [7, 11) is 1.43. The molecule has 4 nitrogen and oxygen atoms in total. The fourth-order valence-electron chi connectivity index (χ4n) is 1.35. The van der Waals surface area contributed by atoms with Crippen LogP contribution < -0.4 is 5.73 Å². The van der Waals surface area contributed by atoms with Crippen molar-refractivity contribution in [3.8, 4) is 0 Å². The average molecular weight is 246 g/mol. The van der Waals surface area contributed by atoms with Gasteiger partial charge in [-0.1, -0.05) is 24.3 Å². The largest absolute Gasteiger partial charge is 0.389 e. The van der Waals surface area contributed by atoms with Crippen LogP contribution in [-0.2, 0) is 10.5 Å². The molecule has 0 fully saturated rings. The van der Waals surface area contributed by atoms with Crippen LogP contribution in [0.15, 0.2) is 24.3 Å². The van der Waals surface area contributed by atoms with Crippen LogP contribution in [0.5, 0.6) is 0 Å². The van der Waals surface area contributed by atoms with E-state index in [-0.39, 0.29) is 12.4 Å². The average Bonchev–Trinajstić information content (AvgIpc) is 2.28. The molecule has 0 bridgehead atoms. The van der Waals surface area contributed by atoms with Gasteiger partial charge in [0, 0.05) is 18.2 Å². The van der Waals surface area contributed by atoms with Crippen molar-refractivity contribution >= 4 is 18.7 Å². The topological polar surface area (TPSA) is 72.5 Å². The van der Waals surface area contributed by atoms with Crippen molar-refractivity contribution in [2.75, 3.05) is 7.11 Å². The van der Waals surface area contributed by atoms with E-state index in [4.69, 9.17) is 10.5 Å². The van der Waals surface area contributed by atoms with Gasteiger partial charge in [-0.25, -0.2) is 0 Å². The number of carbonyl (C=O) groups excluding carboxylic acids is 1. The monoisotopic (exact) mass is 245 g/mol. The molecular formula is C11H16ClNO3. The minimum absolute atomic E-state index is 0. The highest BCUT2D eigenvalue weighted by molar-refractivity contribution is 5.85. The smallest absolute Gasteiger partial charge is 0.168 e. The number of aliphatic hydroxyl groups is 1. The standard InChI is InChI=1S/C11H15NO3.ClH/c1-8(14)11(12,15-2)10-5-3-9(7-13)4-6-10;/h3-8,14H,12H2,1-2H3;1H/t8-,11+;/m1./s1. The molecule has 1 aromatic rings. The van der Waals surface area contributed by atoms with Crippen LogP contribution in [0.1, 0.15) is 22.8 Å². The second kappa shape index (κ2) is 5.96. The van der Waals surface area contributed by atoms with Gasteiger partial charge in [-0.3, -0.25) is 10.5 Å². The van der Waals surface area contributed by atoms with Gasteiger partial charge in [0.25, 0.3) is 0 Å². The molecule has 0 aromatic heterocycles. The molecule has 2 atom stereocenters. The predicted molar refractivity (Wildman–Crippen MR) is 63.6 cm³/mol. The molecule has 0 saturated carbocycles. The number of hydrogen-bond acceptors (Lipinski definition) is 4. The van der Waals surface area contributed by atoms with Gasteiger partial charge in [-0.05, 0) is 6.92 Å². The lowest BCUT2D eigenvalue weighted by Gasteiger charge is -2.31. The van der Waals surface area contributed by atoms with Crippen LogP contribution in [0.3, 0.4) is 0 Å². The van der Waals surface area contributed by atoms with E-state index >= 15 is 0 Å². The van der Waals surface area contributed by atoms with Gasteiger partial charge in [0.2, 0.25) is 0 Å². The molecule has 16 heavy (non-hydrogen) atoms. The maximum atomic E-state index is 10.5. The fourth-order valence-corrected chi connectivity index (χ4v) is 1.35. The Kier molecular flexibility index (Phi) is 5.61. The van der Waals surface area contributed by atoms with Gasteiger partial charge in [0.05, 0.1) is 6.10 Å². The Hall–Kier alpha value is -0.940. The summed E-state index contributed by atoms with van der Waals surface area (Å²) in [6, 6.07) is 6.59. The maximum absolute atomic E-state index is 10.5. The lowest BCUT2D eigenvalue weighted by Crippen LogP contribution is -2.48. The number of halogens is 1. The number of rotatable bonds is 4. The predicted octanol–water partition coefficient (Wildman–Crippen LogP) is 1.06. The summed E-state index contributed by atoms with van der Waals surface area (Å²) in [6.07, 6.45) is -0.0958. The van der Waals surface area contributed by atoms with Crippen molar-refractivity contribution in [1.82, 2.24) is 0 Å². The van der Waals surface area contributed by atoms with Crippen molar-refractivity contribution in [2.24, 2.45) is 5.73 Å². The van der Waals surface area contributed by atoms with E-state index in [0.29, 0.717) is 11.1 Å². The number of aldehydes is 1. The Morgan fingerprint density at radius 1 is 1.44 bits per heavy atom. The van der Waals surface area contributed by atoms with E-state index in [2.05, 4.69) is 0 Å². The second-order valence-electron chi connectivity index (χ2n) is 3.41. The third-order valence-electron chi connectivity index (χ3n) is 2.46. The Labute approximate surface area is 101 Å². The Balaban J connectivity index is 0.00000225. The summed E-state index contributed by atoms with van der Waals surface area (Å²) >= 11 is 0. The lowest BCUT2D eigenvalue weighted by atomic mass is 9.97. The van der Waals surface area contributed by atoms with Crippen LogP contribution in [-0.4, -0.2) is 24.6 Å². The van der Waals surface area contributed by atoms with Crippen molar-refractivity contribution in [2.45, 2.75) is 18.8 Å². The zero-order valence-electron chi connectivity index (χ0n) is 9.21. The maximum Gasteiger partial charge on any atom is 0.168 e. The molecule has 1 rings (SSSR count). The third kappa shape index (κ3) is 2.80. The van der Waals surface area contributed by atoms with E-state index in [9.17, 15) is 9.90 Å². The van der Waals surface area contributed by atoms with Crippen LogP contribution in [0, 0.1) is 0 Å². The third-order valence-corrected chi connectivity index (χ3v) is 2.46. The van der Waals surface area contributed by atoms with Crippen LogP contribution in [0.25, 0.3) is 0 Å². The zero-order chi connectivity index (χ0) is 11.5. The first-order valence-corrected chi connectivity index (χ1v) is 4.62. The van der Waals surface area contributed by atoms with Gasteiger partial charge in [-0.15, -0.1) is 12.4 Å². The van der Waals surface area contributed by atoms with Crippen LogP contribution >= 0.6 is 12.4 Å². The normalized spacial score (nSPS) is 15.8. The molecule has 0 aliphatic rings. The number of hydrogen-bond donors (Lipinski definition) is 2. The van der Waals surface area contributed by atoms with Gasteiger partial charge < -0.3 is 9.84 Å². The van der Waals surface area contributed by atoms with E-state index in [0.717, 1.165) is 6.29 Å². The van der Waals surface area contributed by atoms with Crippen molar-refractivity contribution in [3.63, 3.8) is 0 Å². The van der Waals surface area contributed by atoms with Gasteiger partial charge in [-0.2, -0.15) is 0 Å². The van der Waals surface area contributed by atoms with Crippen LogP contribution in [0.2, 0.25) is 0 Å². The highest BCUT2D eigenvalue weighted by atomic mass is 35.5. The number of benzene rings is 1. The summed E-state index contributed by atoms with van der Waals surface area (Å²) < 4.78 is 5.10. The molecule has 90 valence electrons. The molecule has 0 aliphatic heterocycles. The molecule has 3 N–H and O–H groups in total. The first kappa shape index (κ1) is 15.1. The van der Waals surface area contributed by atoms with E-state index in [1.54, 1.807) is 31.2 Å². The van der Waals surface area contributed by atoms with Crippen molar-refractivity contribution in [1.29, 1.82) is 0 Å². The minimum atomic E-state index is -1.23. The summed E-state index contributed by atoms with van der Waals surface area (Å²) in [5.41, 5.74) is 5.85. The van der Waals surface area contributed by atoms with Crippen molar-refractivity contribution < 1.29 is 14.6 Å². The molecule has 0 amide bonds. The van der Waals surface area contributed by atoms with Gasteiger partial charge in [0.1, 0.15) is 6.29 Å². The first-order valence-electron chi connectivity index (χ1n) is 4.62. The summed E-state index contributed by atoms with van der Waals surface area (Å²) in [5.74, 6) is 0. The number of ether oxygens (including phenoxy) is 1. The minimum Gasteiger partial charge on any atom is -0.389 e. The zero-order valence-corrected chi connectivity index (χ0v) is 10.0. The molecule has 0 heterocycles. The lowest BCUT2D eigenvalue weighted by molar-refractivity contribution is -0.0970. The van der Waals surface area contributed by atoms with E-state index < -0.39 is 11.8 Å². The van der Waals surface area contributed by atoms with Gasteiger partial charge in [0.15, 0.2) is 5.72 Å². The Morgan fingerprint density at radius 3 is 2.25 bits per heavy atom. The quantitative estimate of drug-likeness (QED) is 0.615. The van der Waals surface area contributed by atoms with Crippen molar-refractivity contribution in [3.05, 3.63) is 35.4 Å². The Morgan fingerprint density at radius 2 is 1.94 bits per heavy atom. The summed E-state index contributed by atoms with van der Waals surface area (Å²) in [4.78, 5) is 10.5. The molecule has 0 unspecified atom stereocenters. The molecule has 0 radical (unpaired) electrons.